The molecule has 1 aromatic rings. The summed E-state index contributed by atoms with van der Waals surface area (Å²) >= 11 is 0. The van der Waals surface area contributed by atoms with Crippen LogP contribution in [0.4, 0.5) is 23.2 Å². The smallest absolute Gasteiger partial charge is 0.369 e. The fourth-order valence-corrected chi connectivity index (χ4v) is 3.38. The summed E-state index contributed by atoms with van der Waals surface area (Å²) in [6.45, 7) is 1.84. The van der Waals surface area contributed by atoms with E-state index in [1.165, 1.54) is 6.07 Å². The SMILES string of the molecule is Fc1ccccc1N1CCC(N2CCO[C@H](C(F)(F)F)C2)CC1. The predicted octanol–water partition coefficient (Wildman–Crippen LogP) is 3.06. The van der Waals surface area contributed by atoms with Crippen molar-refractivity contribution in [2.24, 2.45) is 0 Å². The molecule has 0 amide bonds. The molecule has 0 radical (unpaired) electrons. The highest BCUT2D eigenvalue weighted by Gasteiger charge is 2.44. The van der Waals surface area contributed by atoms with Crippen LogP contribution >= 0.6 is 0 Å². The molecule has 1 aromatic carbocycles. The van der Waals surface area contributed by atoms with Gasteiger partial charge in [-0.05, 0) is 25.0 Å². The molecule has 2 fully saturated rings. The molecule has 128 valence electrons. The third-order valence-corrected chi connectivity index (χ3v) is 4.64. The van der Waals surface area contributed by atoms with Crippen LogP contribution in [0.1, 0.15) is 12.8 Å². The Balaban J connectivity index is 1.58. The molecule has 0 aliphatic carbocycles. The molecule has 3 nitrogen and oxygen atoms in total. The summed E-state index contributed by atoms with van der Waals surface area (Å²) in [5.74, 6) is -0.255. The first kappa shape index (κ1) is 16.5. The second-order valence-corrected chi connectivity index (χ2v) is 6.07. The minimum absolute atomic E-state index is 0.103. The van der Waals surface area contributed by atoms with Crippen LogP contribution in [0.5, 0.6) is 0 Å². The summed E-state index contributed by atoms with van der Waals surface area (Å²) < 4.78 is 57.1. The van der Waals surface area contributed by atoms with Crippen molar-refractivity contribution in [1.82, 2.24) is 4.90 Å². The van der Waals surface area contributed by atoms with E-state index in [1.54, 1.807) is 18.2 Å². The molecule has 2 saturated heterocycles. The number of halogens is 4. The lowest BCUT2D eigenvalue weighted by Crippen LogP contribution is -2.54. The third kappa shape index (κ3) is 3.77. The molecular formula is C16H20F4N2O. The van der Waals surface area contributed by atoms with E-state index in [-0.39, 0.29) is 25.0 Å². The lowest BCUT2D eigenvalue weighted by atomic mass is 10.0. The zero-order valence-electron chi connectivity index (χ0n) is 12.7. The lowest BCUT2D eigenvalue weighted by Gasteiger charge is -2.43. The Morgan fingerprint density at radius 3 is 2.39 bits per heavy atom. The Hall–Kier alpha value is -1.34. The van der Waals surface area contributed by atoms with E-state index in [1.807, 2.05) is 9.80 Å². The largest absolute Gasteiger partial charge is 0.415 e. The molecule has 2 heterocycles. The van der Waals surface area contributed by atoms with Gasteiger partial charge in [-0.15, -0.1) is 0 Å². The fourth-order valence-electron chi connectivity index (χ4n) is 3.38. The first-order valence-corrected chi connectivity index (χ1v) is 7.87. The molecule has 3 rings (SSSR count). The first-order valence-electron chi connectivity index (χ1n) is 7.87. The minimum Gasteiger partial charge on any atom is -0.369 e. The number of alkyl halides is 3. The molecule has 2 aliphatic heterocycles. The van der Waals surface area contributed by atoms with Gasteiger partial charge >= 0.3 is 6.18 Å². The van der Waals surface area contributed by atoms with Gasteiger partial charge in [0.2, 0.25) is 0 Å². The average Bonchev–Trinajstić information content (AvgIpc) is 2.55. The van der Waals surface area contributed by atoms with Gasteiger partial charge in [0.1, 0.15) is 5.82 Å². The molecule has 2 aliphatic rings. The highest BCUT2D eigenvalue weighted by Crippen LogP contribution is 2.29. The fraction of sp³-hybridized carbons (Fsp3) is 0.625. The van der Waals surface area contributed by atoms with Crippen LogP contribution in [0.2, 0.25) is 0 Å². The zero-order chi connectivity index (χ0) is 16.4. The van der Waals surface area contributed by atoms with Crippen LogP contribution in [-0.2, 0) is 4.74 Å². The molecule has 0 spiro atoms. The predicted molar refractivity (Wildman–Crippen MR) is 79.0 cm³/mol. The maximum atomic E-state index is 13.8. The molecule has 0 bridgehead atoms. The number of anilines is 1. The van der Waals surface area contributed by atoms with E-state index in [0.717, 1.165) is 12.8 Å². The highest BCUT2D eigenvalue weighted by molar-refractivity contribution is 5.47. The van der Waals surface area contributed by atoms with Gasteiger partial charge in [-0.1, -0.05) is 12.1 Å². The summed E-state index contributed by atoms with van der Waals surface area (Å²) in [5, 5.41) is 0. The van der Waals surface area contributed by atoms with Crippen LogP contribution in [-0.4, -0.2) is 56.0 Å². The Labute approximate surface area is 132 Å². The minimum atomic E-state index is -4.31. The summed E-state index contributed by atoms with van der Waals surface area (Å²) in [5.41, 5.74) is 0.570. The third-order valence-electron chi connectivity index (χ3n) is 4.64. The van der Waals surface area contributed by atoms with Crippen molar-refractivity contribution in [3.8, 4) is 0 Å². The number of piperidine rings is 1. The van der Waals surface area contributed by atoms with E-state index >= 15 is 0 Å². The number of para-hydroxylation sites is 1. The van der Waals surface area contributed by atoms with E-state index in [4.69, 9.17) is 4.74 Å². The van der Waals surface area contributed by atoms with E-state index in [2.05, 4.69) is 0 Å². The van der Waals surface area contributed by atoms with Crippen molar-refractivity contribution in [3.05, 3.63) is 30.1 Å². The van der Waals surface area contributed by atoms with Crippen molar-refractivity contribution < 1.29 is 22.3 Å². The molecule has 0 unspecified atom stereocenters. The second-order valence-electron chi connectivity index (χ2n) is 6.07. The first-order chi connectivity index (χ1) is 10.9. The summed E-state index contributed by atoms with van der Waals surface area (Å²) in [4.78, 5) is 3.84. The summed E-state index contributed by atoms with van der Waals surface area (Å²) in [7, 11) is 0. The van der Waals surface area contributed by atoms with Crippen molar-refractivity contribution in [3.63, 3.8) is 0 Å². The average molecular weight is 332 g/mol. The lowest BCUT2D eigenvalue weighted by molar-refractivity contribution is -0.239. The van der Waals surface area contributed by atoms with Crippen molar-refractivity contribution in [1.29, 1.82) is 0 Å². The van der Waals surface area contributed by atoms with Crippen molar-refractivity contribution in [2.45, 2.75) is 31.2 Å². The molecule has 23 heavy (non-hydrogen) atoms. The molecule has 0 aromatic heterocycles. The second kappa shape index (κ2) is 6.65. The van der Waals surface area contributed by atoms with Gasteiger partial charge in [-0.25, -0.2) is 4.39 Å². The van der Waals surface area contributed by atoms with Crippen LogP contribution in [0.25, 0.3) is 0 Å². The van der Waals surface area contributed by atoms with Crippen LogP contribution < -0.4 is 4.90 Å². The topological polar surface area (TPSA) is 15.7 Å². The van der Waals surface area contributed by atoms with Gasteiger partial charge in [0, 0.05) is 32.2 Å². The van der Waals surface area contributed by atoms with E-state index in [0.29, 0.717) is 25.3 Å². The van der Waals surface area contributed by atoms with Gasteiger partial charge in [-0.3, -0.25) is 4.90 Å². The molecular weight excluding hydrogens is 312 g/mol. The number of rotatable bonds is 2. The van der Waals surface area contributed by atoms with Crippen molar-refractivity contribution in [2.75, 3.05) is 37.7 Å². The zero-order valence-corrected chi connectivity index (χ0v) is 12.7. The van der Waals surface area contributed by atoms with Crippen molar-refractivity contribution >= 4 is 5.69 Å². The number of hydrogen-bond acceptors (Lipinski definition) is 3. The maximum Gasteiger partial charge on any atom is 0.415 e. The Morgan fingerprint density at radius 2 is 1.74 bits per heavy atom. The summed E-state index contributed by atoms with van der Waals surface area (Å²) in [6, 6.07) is 6.71. The number of morpholine rings is 1. The van der Waals surface area contributed by atoms with Gasteiger partial charge in [0.15, 0.2) is 6.10 Å². The molecule has 7 heteroatoms. The quantitative estimate of drug-likeness (QED) is 0.774. The summed E-state index contributed by atoms with van der Waals surface area (Å²) in [6.07, 6.45) is -4.54. The van der Waals surface area contributed by atoms with Gasteiger partial charge in [0.25, 0.3) is 0 Å². The van der Waals surface area contributed by atoms with E-state index in [9.17, 15) is 17.6 Å². The highest BCUT2D eigenvalue weighted by atomic mass is 19.4. The maximum absolute atomic E-state index is 13.8. The monoisotopic (exact) mass is 332 g/mol. The van der Waals surface area contributed by atoms with Crippen LogP contribution in [0.15, 0.2) is 24.3 Å². The van der Waals surface area contributed by atoms with Gasteiger partial charge in [-0.2, -0.15) is 13.2 Å². The van der Waals surface area contributed by atoms with Gasteiger partial charge < -0.3 is 9.64 Å². The molecule has 0 saturated carbocycles. The Morgan fingerprint density at radius 1 is 1.04 bits per heavy atom. The normalized spacial score (nSPS) is 24.9. The number of nitrogens with zero attached hydrogens (tertiary/aromatic N) is 2. The van der Waals surface area contributed by atoms with E-state index < -0.39 is 12.3 Å². The molecule has 1 atom stereocenters. The number of hydrogen-bond donors (Lipinski definition) is 0. The number of benzene rings is 1. The number of ether oxygens (including phenoxy) is 1. The van der Waals surface area contributed by atoms with Crippen LogP contribution in [0, 0.1) is 5.82 Å². The van der Waals surface area contributed by atoms with Crippen LogP contribution in [0.3, 0.4) is 0 Å². The van der Waals surface area contributed by atoms with Gasteiger partial charge in [0.05, 0.1) is 12.3 Å². The standard InChI is InChI=1S/C16H20F4N2O/c17-13-3-1-2-4-14(13)21-7-5-12(6-8-21)22-9-10-23-15(11-22)16(18,19)20/h1-4,12,15H,5-11H2/t15-/m0/s1. The Kier molecular flexibility index (Phi) is 4.77. The molecule has 0 N–H and O–H groups in total. The Bertz CT molecular complexity index is 529.